The second-order valence-electron chi connectivity index (χ2n) is 6.88. The molecular formula is C20H25ClN2O3S. The van der Waals surface area contributed by atoms with Crippen LogP contribution < -0.4 is 5.32 Å². The number of halogens is 1. The lowest BCUT2D eigenvalue weighted by Gasteiger charge is -2.32. The molecule has 2 aromatic rings. The van der Waals surface area contributed by atoms with Crippen LogP contribution in [0.3, 0.4) is 0 Å². The van der Waals surface area contributed by atoms with Gasteiger partial charge < -0.3 is 10.2 Å². The van der Waals surface area contributed by atoms with Crippen molar-refractivity contribution in [1.82, 2.24) is 10.2 Å². The van der Waals surface area contributed by atoms with Crippen molar-refractivity contribution in [1.29, 1.82) is 0 Å². The SMILES string of the molecule is Cc1ccc(S(=O)(=O)Cc2ccc(C(=O)N3CCNC(C)C3)cc2)cc1.Cl. The zero-order valence-corrected chi connectivity index (χ0v) is 17.1. The van der Waals surface area contributed by atoms with Crippen molar-refractivity contribution in [3.63, 3.8) is 0 Å². The lowest BCUT2D eigenvalue weighted by molar-refractivity contribution is 0.0709. The fourth-order valence-electron chi connectivity index (χ4n) is 3.09. The van der Waals surface area contributed by atoms with Crippen LogP contribution in [0.5, 0.6) is 0 Å². The van der Waals surface area contributed by atoms with Crippen molar-refractivity contribution in [2.45, 2.75) is 30.5 Å². The lowest BCUT2D eigenvalue weighted by Crippen LogP contribution is -2.51. The molecule has 1 amide bonds. The third-order valence-electron chi connectivity index (χ3n) is 4.59. The predicted molar refractivity (Wildman–Crippen MR) is 109 cm³/mol. The van der Waals surface area contributed by atoms with E-state index in [1.165, 1.54) is 0 Å². The maximum absolute atomic E-state index is 12.6. The minimum Gasteiger partial charge on any atom is -0.336 e. The Morgan fingerprint density at radius 1 is 1.11 bits per heavy atom. The first-order chi connectivity index (χ1) is 12.3. The minimum absolute atomic E-state index is 0. The molecule has 0 radical (unpaired) electrons. The van der Waals surface area contributed by atoms with Crippen LogP contribution in [0.1, 0.15) is 28.4 Å². The normalized spacial score (nSPS) is 17.3. The molecule has 7 heteroatoms. The lowest BCUT2D eigenvalue weighted by atomic mass is 10.1. The molecule has 146 valence electrons. The molecule has 27 heavy (non-hydrogen) atoms. The monoisotopic (exact) mass is 408 g/mol. The third kappa shape index (κ3) is 5.31. The van der Waals surface area contributed by atoms with Gasteiger partial charge in [0, 0.05) is 31.2 Å². The van der Waals surface area contributed by atoms with Crippen LogP contribution in [0.15, 0.2) is 53.4 Å². The van der Waals surface area contributed by atoms with Crippen LogP contribution in [0.4, 0.5) is 0 Å². The average molecular weight is 409 g/mol. The second-order valence-corrected chi connectivity index (χ2v) is 8.86. The minimum atomic E-state index is -3.39. The van der Waals surface area contributed by atoms with Gasteiger partial charge in [-0.2, -0.15) is 0 Å². The number of carbonyl (C=O) groups excluding carboxylic acids is 1. The number of nitrogens with zero attached hydrogens (tertiary/aromatic N) is 1. The van der Waals surface area contributed by atoms with Gasteiger partial charge in [-0.3, -0.25) is 4.79 Å². The highest BCUT2D eigenvalue weighted by Gasteiger charge is 2.22. The zero-order valence-electron chi connectivity index (χ0n) is 15.5. The molecule has 0 spiro atoms. The maximum atomic E-state index is 12.6. The molecule has 0 bridgehead atoms. The Hall–Kier alpha value is -1.89. The molecule has 1 saturated heterocycles. The molecule has 1 aliphatic rings. The fraction of sp³-hybridized carbons (Fsp3) is 0.350. The standard InChI is InChI=1S/C20H24N2O3S.ClH/c1-15-3-9-19(10-4-15)26(24,25)14-17-5-7-18(8-6-17)20(23)22-12-11-21-16(2)13-22;/h3-10,16,21H,11-14H2,1-2H3;1H. The predicted octanol–water partition coefficient (Wildman–Crippen LogP) is 2.82. The topological polar surface area (TPSA) is 66.5 Å². The van der Waals surface area contributed by atoms with Crippen LogP contribution in [-0.2, 0) is 15.6 Å². The van der Waals surface area contributed by atoms with Crippen LogP contribution >= 0.6 is 12.4 Å². The molecule has 3 rings (SSSR count). The van der Waals surface area contributed by atoms with Crippen molar-refractivity contribution in [2.24, 2.45) is 0 Å². The van der Waals surface area contributed by atoms with E-state index >= 15 is 0 Å². The van der Waals surface area contributed by atoms with E-state index in [2.05, 4.69) is 12.2 Å². The number of hydrogen-bond donors (Lipinski definition) is 1. The van der Waals surface area contributed by atoms with Crippen LogP contribution in [-0.4, -0.2) is 44.9 Å². The Morgan fingerprint density at radius 2 is 1.74 bits per heavy atom. The first-order valence-corrected chi connectivity index (χ1v) is 10.4. The van der Waals surface area contributed by atoms with Gasteiger partial charge in [-0.05, 0) is 43.7 Å². The van der Waals surface area contributed by atoms with Crippen LogP contribution in [0.2, 0.25) is 0 Å². The summed E-state index contributed by atoms with van der Waals surface area (Å²) in [6.45, 7) is 6.14. The van der Waals surface area contributed by atoms with Gasteiger partial charge in [0.1, 0.15) is 0 Å². The first kappa shape index (κ1) is 21.4. The largest absolute Gasteiger partial charge is 0.336 e. The Morgan fingerprint density at radius 3 is 2.33 bits per heavy atom. The van der Waals surface area contributed by atoms with E-state index in [-0.39, 0.29) is 30.1 Å². The Bertz CT molecular complexity index is 880. The summed E-state index contributed by atoms with van der Waals surface area (Å²) in [5.41, 5.74) is 2.29. The van der Waals surface area contributed by atoms with Gasteiger partial charge in [-0.25, -0.2) is 8.42 Å². The van der Waals surface area contributed by atoms with Gasteiger partial charge in [0.05, 0.1) is 10.6 Å². The van der Waals surface area contributed by atoms with E-state index < -0.39 is 9.84 Å². The summed E-state index contributed by atoms with van der Waals surface area (Å²) in [6.07, 6.45) is 0. The van der Waals surface area contributed by atoms with Gasteiger partial charge in [0.15, 0.2) is 9.84 Å². The fourth-order valence-corrected chi connectivity index (χ4v) is 4.44. The summed E-state index contributed by atoms with van der Waals surface area (Å²) in [6, 6.07) is 14.0. The maximum Gasteiger partial charge on any atom is 0.253 e. The molecule has 1 atom stereocenters. The first-order valence-electron chi connectivity index (χ1n) is 8.76. The number of amides is 1. The molecule has 5 nitrogen and oxygen atoms in total. The highest BCUT2D eigenvalue weighted by atomic mass is 35.5. The number of benzene rings is 2. The molecular weight excluding hydrogens is 384 g/mol. The number of piperazine rings is 1. The van der Waals surface area contributed by atoms with Gasteiger partial charge in [-0.15, -0.1) is 12.4 Å². The number of nitrogens with one attached hydrogen (secondary N) is 1. The summed E-state index contributed by atoms with van der Waals surface area (Å²) in [7, 11) is -3.39. The quantitative estimate of drug-likeness (QED) is 0.844. The van der Waals surface area contributed by atoms with Crippen molar-refractivity contribution < 1.29 is 13.2 Å². The Kier molecular flexibility index (Phi) is 7.03. The summed E-state index contributed by atoms with van der Waals surface area (Å²) in [5.74, 6) is -0.0823. The average Bonchev–Trinajstić information content (AvgIpc) is 2.62. The van der Waals surface area contributed by atoms with E-state index in [9.17, 15) is 13.2 Å². The number of aryl methyl sites for hydroxylation is 1. The molecule has 1 aliphatic heterocycles. The third-order valence-corrected chi connectivity index (χ3v) is 6.30. The van der Waals surface area contributed by atoms with E-state index in [0.29, 0.717) is 29.1 Å². The molecule has 1 heterocycles. The van der Waals surface area contributed by atoms with E-state index in [0.717, 1.165) is 12.1 Å². The second kappa shape index (κ2) is 8.87. The molecule has 1 unspecified atom stereocenters. The van der Waals surface area contributed by atoms with Crippen molar-refractivity contribution >= 4 is 28.2 Å². The smallest absolute Gasteiger partial charge is 0.253 e. The van der Waals surface area contributed by atoms with Crippen molar-refractivity contribution in [3.8, 4) is 0 Å². The number of sulfone groups is 1. The Balaban J connectivity index is 0.00000261. The summed E-state index contributed by atoms with van der Waals surface area (Å²) < 4.78 is 25.1. The molecule has 2 aromatic carbocycles. The molecule has 0 saturated carbocycles. The Labute approximate surface area is 167 Å². The van der Waals surface area contributed by atoms with Crippen LogP contribution in [0, 0.1) is 6.92 Å². The van der Waals surface area contributed by atoms with Crippen molar-refractivity contribution in [2.75, 3.05) is 19.6 Å². The molecule has 0 aliphatic carbocycles. The van der Waals surface area contributed by atoms with E-state index in [1.807, 2.05) is 11.8 Å². The van der Waals surface area contributed by atoms with Crippen molar-refractivity contribution in [3.05, 3.63) is 65.2 Å². The number of rotatable bonds is 4. The number of hydrogen-bond acceptors (Lipinski definition) is 4. The molecule has 1 fully saturated rings. The zero-order chi connectivity index (χ0) is 18.7. The van der Waals surface area contributed by atoms with Gasteiger partial charge >= 0.3 is 0 Å². The molecule has 0 aromatic heterocycles. The van der Waals surface area contributed by atoms with E-state index in [4.69, 9.17) is 0 Å². The highest BCUT2D eigenvalue weighted by Crippen LogP contribution is 2.18. The van der Waals surface area contributed by atoms with Gasteiger partial charge in [0.25, 0.3) is 5.91 Å². The summed E-state index contributed by atoms with van der Waals surface area (Å²) in [4.78, 5) is 14.7. The summed E-state index contributed by atoms with van der Waals surface area (Å²) >= 11 is 0. The highest BCUT2D eigenvalue weighted by molar-refractivity contribution is 7.90. The van der Waals surface area contributed by atoms with Gasteiger partial charge in [0.2, 0.25) is 0 Å². The van der Waals surface area contributed by atoms with Gasteiger partial charge in [-0.1, -0.05) is 29.8 Å². The number of carbonyl (C=O) groups is 1. The summed E-state index contributed by atoms with van der Waals surface area (Å²) in [5, 5.41) is 3.31. The van der Waals surface area contributed by atoms with Crippen LogP contribution in [0.25, 0.3) is 0 Å². The molecule has 1 N–H and O–H groups in total. The van der Waals surface area contributed by atoms with E-state index in [1.54, 1.807) is 48.5 Å².